The van der Waals surface area contributed by atoms with Gasteiger partial charge in [0.15, 0.2) is 11.5 Å². The molecule has 0 atom stereocenters. The van der Waals surface area contributed by atoms with Crippen LogP contribution in [0.15, 0.2) is 77.9 Å². The van der Waals surface area contributed by atoms with Crippen LogP contribution in [-0.2, 0) is 6.61 Å². The fourth-order valence-electron chi connectivity index (χ4n) is 3.11. The van der Waals surface area contributed by atoms with E-state index in [4.69, 9.17) is 9.47 Å². The lowest BCUT2D eigenvalue weighted by Gasteiger charge is -2.12. The van der Waals surface area contributed by atoms with Crippen LogP contribution in [0.25, 0.3) is 11.0 Å². The van der Waals surface area contributed by atoms with Gasteiger partial charge in [0.25, 0.3) is 5.91 Å². The van der Waals surface area contributed by atoms with Crippen molar-refractivity contribution in [3.05, 3.63) is 95.3 Å². The highest BCUT2D eigenvalue weighted by molar-refractivity contribution is 5.94. The average molecular weight is 426 g/mol. The largest absolute Gasteiger partial charge is 0.493 e. The molecule has 1 amide bonds. The number of nitrogens with zero attached hydrogens (tertiary/aromatic N) is 3. The second-order valence-corrected chi connectivity index (χ2v) is 7.01. The molecule has 0 spiro atoms. The van der Waals surface area contributed by atoms with Gasteiger partial charge in [0, 0.05) is 5.56 Å². The van der Waals surface area contributed by atoms with E-state index in [1.54, 1.807) is 49.7 Å². The molecule has 0 aliphatic carbocycles. The monoisotopic (exact) mass is 426 g/mol. The van der Waals surface area contributed by atoms with Crippen LogP contribution in [0.5, 0.6) is 11.5 Å². The maximum Gasteiger partial charge on any atom is 0.271 e. The molecular weight excluding hydrogens is 404 g/mol. The van der Waals surface area contributed by atoms with Gasteiger partial charge in [-0.15, -0.1) is 0 Å². The number of fused-ring (bicyclic) bond motifs is 1. The molecule has 7 nitrogen and oxygen atoms in total. The predicted molar refractivity (Wildman–Crippen MR) is 123 cm³/mol. The molecular formula is C25H22N4O3. The average Bonchev–Trinajstić information content (AvgIpc) is 2.83. The lowest BCUT2D eigenvalue weighted by atomic mass is 10.2. The zero-order valence-electron chi connectivity index (χ0n) is 17.8. The summed E-state index contributed by atoms with van der Waals surface area (Å²) in [6, 6.07) is 22.0. The molecule has 4 aromatic rings. The van der Waals surface area contributed by atoms with E-state index in [2.05, 4.69) is 20.5 Å². The SMILES string of the molecule is COc1cc(C=NNC(=O)c2ccccc2)ccc1OCc1nc2ccccc2nc1C. The van der Waals surface area contributed by atoms with Gasteiger partial charge in [-0.25, -0.2) is 15.4 Å². The molecule has 0 unspecified atom stereocenters. The third-order valence-corrected chi connectivity index (χ3v) is 4.81. The topological polar surface area (TPSA) is 85.7 Å². The van der Waals surface area contributed by atoms with Crippen LogP contribution in [0.3, 0.4) is 0 Å². The smallest absolute Gasteiger partial charge is 0.271 e. The van der Waals surface area contributed by atoms with E-state index >= 15 is 0 Å². The summed E-state index contributed by atoms with van der Waals surface area (Å²) in [7, 11) is 1.57. The number of nitrogens with one attached hydrogen (secondary N) is 1. The van der Waals surface area contributed by atoms with Gasteiger partial charge in [-0.3, -0.25) is 4.79 Å². The molecule has 0 bridgehead atoms. The molecule has 1 N–H and O–H groups in total. The first kappa shape index (κ1) is 21.0. The lowest BCUT2D eigenvalue weighted by Crippen LogP contribution is -2.17. The van der Waals surface area contributed by atoms with Crippen molar-refractivity contribution in [2.75, 3.05) is 7.11 Å². The summed E-state index contributed by atoms with van der Waals surface area (Å²) in [6.45, 7) is 2.18. The second kappa shape index (κ2) is 9.70. The normalized spacial score (nSPS) is 10.9. The molecule has 0 fully saturated rings. The number of benzene rings is 3. The van der Waals surface area contributed by atoms with Crippen LogP contribution >= 0.6 is 0 Å². The number of hydrogen-bond acceptors (Lipinski definition) is 6. The van der Waals surface area contributed by atoms with Gasteiger partial charge in [-0.2, -0.15) is 5.10 Å². The van der Waals surface area contributed by atoms with Crippen molar-refractivity contribution in [2.45, 2.75) is 13.5 Å². The van der Waals surface area contributed by atoms with Crippen molar-refractivity contribution in [3.63, 3.8) is 0 Å². The Bertz CT molecular complexity index is 1270. The number of carbonyl (C=O) groups is 1. The summed E-state index contributed by atoms with van der Waals surface area (Å²) in [5.74, 6) is 0.850. The highest BCUT2D eigenvalue weighted by atomic mass is 16.5. The molecule has 0 aliphatic heterocycles. The Morgan fingerprint density at radius 2 is 1.69 bits per heavy atom. The van der Waals surface area contributed by atoms with Gasteiger partial charge in [-0.1, -0.05) is 30.3 Å². The van der Waals surface area contributed by atoms with Gasteiger partial charge in [-0.05, 0) is 55.0 Å². The number of amides is 1. The maximum atomic E-state index is 12.1. The van der Waals surface area contributed by atoms with Crippen LogP contribution < -0.4 is 14.9 Å². The van der Waals surface area contributed by atoms with E-state index in [0.717, 1.165) is 28.0 Å². The Morgan fingerprint density at radius 1 is 0.969 bits per heavy atom. The Balaban J connectivity index is 1.43. The second-order valence-electron chi connectivity index (χ2n) is 7.01. The Morgan fingerprint density at radius 3 is 2.44 bits per heavy atom. The summed E-state index contributed by atoms with van der Waals surface area (Å²) in [5.41, 5.74) is 7.07. The van der Waals surface area contributed by atoms with Gasteiger partial charge in [0.1, 0.15) is 6.61 Å². The van der Waals surface area contributed by atoms with Crippen LogP contribution in [0.2, 0.25) is 0 Å². The van der Waals surface area contributed by atoms with Crippen molar-refractivity contribution in [3.8, 4) is 11.5 Å². The van der Waals surface area contributed by atoms with Crippen LogP contribution in [0, 0.1) is 6.92 Å². The summed E-state index contributed by atoms with van der Waals surface area (Å²) >= 11 is 0. The zero-order chi connectivity index (χ0) is 22.3. The van der Waals surface area contributed by atoms with E-state index in [0.29, 0.717) is 17.1 Å². The number of ether oxygens (including phenoxy) is 2. The number of methoxy groups -OCH3 is 1. The molecule has 4 rings (SSSR count). The number of hydrogen-bond donors (Lipinski definition) is 1. The minimum Gasteiger partial charge on any atom is -0.493 e. The number of rotatable bonds is 7. The standard InChI is InChI=1S/C25H22N4O3/c1-17-22(28-21-11-7-6-10-20(21)27-17)16-32-23-13-12-18(14-24(23)31-2)15-26-29-25(30)19-8-4-3-5-9-19/h3-15H,16H2,1-2H3,(H,29,30). The lowest BCUT2D eigenvalue weighted by molar-refractivity contribution is 0.0955. The van der Waals surface area contributed by atoms with Crippen molar-refractivity contribution in [2.24, 2.45) is 5.10 Å². The minimum absolute atomic E-state index is 0.264. The summed E-state index contributed by atoms with van der Waals surface area (Å²) in [5, 5.41) is 4.02. The van der Waals surface area contributed by atoms with Gasteiger partial charge >= 0.3 is 0 Å². The zero-order valence-corrected chi connectivity index (χ0v) is 17.8. The van der Waals surface area contributed by atoms with Crippen LogP contribution in [0.1, 0.15) is 27.3 Å². The van der Waals surface area contributed by atoms with Crippen molar-refractivity contribution >= 4 is 23.2 Å². The van der Waals surface area contributed by atoms with Gasteiger partial charge < -0.3 is 9.47 Å². The quantitative estimate of drug-likeness (QED) is 0.352. The Hall–Kier alpha value is -4.26. The van der Waals surface area contributed by atoms with Crippen molar-refractivity contribution < 1.29 is 14.3 Å². The fourth-order valence-corrected chi connectivity index (χ4v) is 3.11. The summed E-state index contributed by atoms with van der Waals surface area (Å²) in [6.07, 6.45) is 1.55. The molecule has 3 aromatic carbocycles. The van der Waals surface area contributed by atoms with Crippen LogP contribution in [0.4, 0.5) is 0 Å². The maximum absolute atomic E-state index is 12.1. The van der Waals surface area contributed by atoms with E-state index in [1.807, 2.05) is 43.3 Å². The highest BCUT2D eigenvalue weighted by Gasteiger charge is 2.10. The van der Waals surface area contributed by atoms with E-state index < -0.39 is 0 Å². The van der Waals surface area contributed by atoms with Crippen molar-refractivity contribution in [1.82, 2.24) is 15.4 Å². The summed E-state index contributed by atoms with van der Waals surface area (Å²) < 4.78 is 11.4. The van der Waals surface area contributed by atoms with E-state index in [9.17, 15) is 4.79 Å². The first-order valence-electron chi connectivity index (χ1n) is 10.1. The van der Waals surface area contributed by atoms with E-state index in [-0.39, 0.29) is 12.5 Å². The Labute approximate surface area is 185 Å². The minimum atomic E-state index is -0.277. The number of hydrazone groups is 1. The van der Waals surface area contributed by atoms with Crippen LogP contribution in [-0.4, -0.2) is 29.2 Å². The van der Waals surface area contributed by atoms with Gasteiger partial charge in [0.2, 0.25) is 0 Å². The first-order chi connectivity index (χ1) is 15.6. The number of aryl methyl sites for hydroxylation is 1. The van der Waals surface area contributed by atoms with Crippen molar-refractivity contribution in [1.29, 1.82) is 0 Å². The van der Waals surface area contributed by atoms with E-state index in [1.165, 1.54) is 0 Å². The highest BCUT2D eigenvalue weighted by Crippen LogP contribution is 2.28. The third-order valence-electron chi connectivity index (χ3n) is 4.81. The fraction of sp³-hybridized carbons (Fsp3) is 0.120. The molecule has 1 heterocycles. The molecule has 0 saturated carbocycles. The number of aromatic nitrogens is 2. The molecule has 0 aliphatic rings. The molecule has 0 saturated heterocycles. The summed E-state index contributed by atoms with van der Waals surface area (Å²) in [4.78, 5) is 21.3. The molecule has 160 valence electrons. The number of carbonyl (C=O) groups excluding carboxylic acids is 1. The van der Waals surface area contributed by atoms with Gasteiger partial charge in [0.05, 0.1) is 35.7 Å². The third kappa shape index (κ3) is 4.89. The number of para-hydroxylation sites is 2. The Kier molecular flexibility index (Phi) is 6.36. The molecule has 0 radical (unpaired) electrons. The molecule has 1 aromatic heterocycles. The molecule has 7 heteroatoms. The first-order valence-corrected chi connectivity index (χ1v) is 10.1. The molecule has 32 heavy (non-hydrogen) atoms. The predicted octanol–water partition coefficient (Wildman–Crippen LogP) is 4.29.